The van der Waals surface area contributed by atoms with Crippen LogP contribution in [0.2, 0.25) is 0 Å². The summed E-state index contributed by atoms with van der Waals surface area (Å²) in [4.78, 5) is 18.0. The van der Waals surface area contributed by atoms with Crippen molar-refractivity contribution in [2.75, 3.05) is 13.1 Å². The van der Waals surface area contributed by atoms with Gasteiger partial charge in [-0.3, -0.25) is 9.69 Å². The highest BCUT2D eigenvalue weighted by Crippen LogP contribution is 2.38. The molecule has 1 saturated heterocycles. The number of rotatable bonds is 5. The number of carboxylic acid groups (broad SMARTS) is 1. The van der Waals surface area contributed by atoms with Crippen molar-refractivity contribution in [2.24, 2.45) is 11.3 Å². The Labute approximate surface area is 119 Å². The highest BCUT2D eigenvalue weighted by atomic mass is 16.5. The van der Waals surface area contributed by atoms with Crippen molar-refractivity contribution in [3.05, 3.63) is 11.7 Å². The zero-order chi connectivity index (χ0) is 14.9. The molecule has 0 spiro atoms. The predicted octanol–water partition coefficient (Wildman–Crippen LogP) is 2.13. The summed E-state index contributed by atoms with van der Waals surface area (Å²) in [6.07, 6.45) is 0.672. The molecule has 0 aliphatic carbocycles. The van der Waals surface area contributed by atoms with E-state index in [1.807, 2.05) is 27.7 Å². The fraction of sp³-hybridized carbons (Fsp3) is 0.786. The molecule has 1 unspecified atom stereocenters. The van der Waals surface area contributed by atoms with Gasteiger partial charge in [0.2, 0.25) is 5.89 Å². The van der Waals surface area contributed by atoms with Gasteiger partial charge in [0.05, 0.1) is 12.0 Å². The van der Waals surface area contributed by atoms with Gasteiger partial charge in [0, 0.05) is 12.5 Å². The Hall–Kier alpha value is -1.43. The minimum absolute atomic E-state index is 0.110. The summed E-state index contributed by atoms with van der Waals surface area (Å²) in [5, 5.41) is 13.5. The van der Waals surface area contributed by atoms with Crippen molar-refractivity contribution in [1.82, 2.24) is 15.0 Å². The van der Waals surface area contributed by atoms with Gasteiger partial charge < -0.3 is 9.63 Å². The molecule has 1 aromatic heterocycles. The molecule has 0 saturated carbocycles. The smallest absolute Gasteiger partial charge is 0.311 e. The summed E-state index contributed by atoms with van der Waals surface area (Å²) in [6, 6.07) is 0. The molecule has 0 aromatic carbocycles. The van der Waals surface area contributed by atoms with Crippen LogP contribution in [0.1, 0.15) is 51.7 Å². The molecule has 1 aromatic rings. The van der Waals surface area contributed by atoms with Crippen LogP contribution in [0.4, 0.5) is 0 Å². The molecule has 6 nitrogen and oxygen atoms in total. The van der Waals surface area contributed by atoms with Crippen LogP contribution < -0.4 is 0 Å². The molecule has 0 radical (unpaired) electrons. The fourth-order valence-corrected chi connectivity index (χ4v) is 2.70. The van der Waals surface area contributed by atoms with Gasteiger partial charge in [0.1, 0.15) is 0 Å². The van der Waals surface area contributed by atoms with Crippen molar-refractivity contribution in [1.29, 1.82) is 0 Å². The maximum Gasteiger partial charge on any atom is 0.311 e. The lowest BCUT2D eigenvalue weighted by atomic mass is 9.76. The molecule has 1 fully saturated rings. The monoisotopic (exact) mass is 281 g/mol. The second-order valence-corrected chi connectivity index (χ2v) is 6.28. The van der Waals surface area contributed by atoms with Crippen LogP contribution in [-0.2, 0) is 11.3 Å². The van der Waals surface area contributed by atoms with Gasteiger partial charge in [0.15, 0.2) is 5.82 Å². The first-order chi connectivity index (χ1) is 9.35. The average Bonchev–Trinajstić information content (AvgIpc) is 2.96. The number of aromatic nitrogens is 2. The maximum atomic E-state index is 11.6. The molecule has 1 N–H and O–H groups in total. The van der Waals surface area contributed by atoms with E-state index >= 15 is 0 Å². The van der Waals surface area contributed by atoms with Crippen molar-refractivity contribution in [2.45, 2.75) is 46.6 Å². The number of hydrogen-bond acceptors (Lipinski definition) is 5. The van der Waals surface area contributed by atoms with E-state index in [0.717, 1.165) is 6.54 Å². The molecule has 2 heterocycles. The van der Waals surface area contributed by atoms with E-state index in [-0.39, 0.29) is 11.8 Å². The van der Waals surface area contributed by atoms with Gasteiger partial charge in [-0.1, -0.05) is 32.9 Å². The first kappa shape index (κ1) is 15.0. The van der Waals surface area contributed by atoms with E-state index in [4.69, 9.17) is 4.52 Å². The van der Waals surface area contributed by atoms with Crippen LogP contribution in [0.3, 0.4) is 0 Å². The van der Waals surface area contributed by atoms with Crippen LogP contribution in [0.5, 0.6) is 0 Å². The Morgan fingerprint density at radius 1 is 1.45 bits per heavy atom. The normalized spacial score (nSPS) is 23.9. The Kier molecular flexibility index (Phi) is 4.13. The quantitative estimate of drug-likeness (QED) is 0.890. The summed E-state index contributed by atoms with van der Waals surface area (Å²) < 4.78 is 5.23. The van der Waals surface area contributed by atoms with Crippen LogP contribution in [0, 0.1) is 11.3 Å². The molecule has 0 bridgehead atoms. The van der Waals surface area contributed by atoms with Crippen LogP contribution in [0.25, 0.3) is 0 Å². The number of carbonyl (C=O) groups is 1. The lowest BCUT2D eigenvalue weighted by Crippen LogP contribution is -2.39. The van der Waals surface area contributed by atoms with E-state index < -0.39 is 11.4 Å². The summed E-state index contributed by atoms with van der Waals surface area (Å²) in [7, 11) is 0. The summed E-state index contributed by atoms with van der Waals surface area (Å²) in [5.41, 5.74) is -0.652. The molecule has 1 atom stereocenters. The van der Waals surface area contributed by atoms with Crippen LogP contribution in [0.15, 0.2) is 4.52 Å². The fourth-order valence-electron chi connectivity index (χ4n) is 2.70. The lowest BCUT2D eigenvalue weighted by Gasteiger charge is -2.28. The molecule has 1 aliphatic heterocycles. The molecule has 1 aliphatic rings. The summed E-state index contributed by atoms with van der Waals surface area (Å²) in [6.45, 7) is 9.80. The molecule has 2 rings (SSSR count). The minimum Gasteiger partial charge on any atom is -0.481 e. The number of nitrogens with zero attached hydrogens (tertiary/aromatic N) is 3. The second kappa shape index (κ2) is 5.52. The largest absolute Gasteiger partial charge is 0.481 e. The van der Waals surface area contributed by atoms with Gasteiger partial charge in [-0.25, -0.2) is 0 Å². The third-order valence-corrected chi connectivity index (χ3v) is 4.27. The average molecular weight is 281 g/mol. The Bertz CT molecular complexity index is 484. The molecule has 0 amide bonds. The standard InChI is InChI=1S/C14H23N3O3/c1-9(2)12-15-11(20-16-12)7-17-6-5-14(8-17,10(3)4)13(18)19/h9-10H,5-8H2,1-4H3,(H,18,19). The first-order valence-electron chi connectivity index (χ1n) is 7.13. The molecular formula is C14H23N3O3. The Balaban J connectivity index is 2.04. The molecule has 6 heteroatoms. The summed E-state index contributed by atoms with van der Waals surface area (Å²) >= 11 is 0. The van der Waals surface area contributed by atoms with E-state index in [0.29, 0.717) is 31.2 Å². The van der Waals surface area contributed by atoms with E-state index in [1.165, 1.54) is 0 Å². The number of hydrogen-bond donors (Lipinski definition) is 1. The third-order valence-electron chi connectivity index (χ3n) is 4.27. The Morgan fingerprint density at radius 2 is 2.15 bits per heavy atom. The number of carboxylic acids is 1. The van der Waals surface area contributed by atoms with E-state index in [2.05, 4.69) is 15.0 Å². The van der Waals surface area contributed by atoms with Crippen molar-refractivity contribution in [3.8, 4) is 0 Å². The predicted molar refractivity (Wildman–Crippen MR) is 73.2 cm³/mol. The van der Waals surface area contributed by atoms with Crippen molar-refractivity contribution in [3.63, 3.8) is 0 Å². The van der Waals surface area contributed by atoms with Crippen molar-refractivity contribution < 1.29 is 14.4 Å². The number of likely N-dealkylation sites (tertiary alicyclic amines) is 1. The topological polar surface area (TPSA) is 79.5 Å². The van der Waals surface area contributed by atoms with Gasteiger partial charge in [-0.2, -0.15) is 4.98 Å². The second-order valence-electron chi connectivity index (χ2n) is 6.28. The zero-order valence-corrected chi connectivity index (χ0v) is 12.6. The Morgan fingerprint density at radius 3 is 2.60 bits per heavy atom. The number of aliphatic carboxylic acids is 1. The highest BCUT2D eigenvalue weighted by Gasteiger charge is 2.47. The van der Waals surface area contributed by atoms with E-state index in [9.17, 15) is 9.90 Å². The zero-order valence-electron chi connectivity index (χ0n) is 12.6. The molecular weight excluding hydrogens is 258 g/mol. The van der Waals surface area contributed by atoms with Gasteiger partial charge in [-0.05, 0) is 18.9 Å². The van der Waals surface area contributed by atoms with Crippen molar-refractivity contribution >= 4 is 5.97 Å². The lowest BCUT2D eigenvalue weighted by molar-refractivity contribution is -0.151. The maximum absolute atomic E-state index is 11.6. The first-order valence-corrected chi connectivity index (χ1v) is 7.13. The van der Waals surface area contributed by atoms with Crippen LogP contribution in [-0.4, -0.2) is 39.2 Å². The molecule has 112 valence electrons. The van der Waals surface area contributed by atoms with Crippen LogP contribution >= 0.6 is 0 Å². The van der Waals surface area contributed by atoms with Gasteiger partial charge in [-0.15, -0.1) is 0 Å². The third kappa shape index (κ3) is 2.70. The van der Waals surface area contributed by atoms with E-state index in [1.54, 1.807) is 0 Å². The summed E-state index contributed by atoms with van der Waals surface area (Å²) in [5.74, 6) is 0.911. The highest BCUT2D eigenvalue weighted by molar-refractivity contribution is 5.75. The van der Waals surface area contributed by atoms with Gasteiger partial charge in [0.25, 0.3) is 0 Å². The van der Waals surface area contributed by atoms with Gasteiger partial charge >= 0.3 is 5.97 Å². The SMILES string of the molecule is CC(C)c1noc(CN2CCC(C(=O)O)(C(C)C)C2)n1. The molecule has 20 heavy (non-hydrogen) atoms. The minimum atomic E-state index is -0.705.